The summed E-state index contributed by atoms with van der Waals surface area (Å²) in [5, 5.41) is 3.35. The first-order valence-electron chi connectivity index (χ1n) is 7.59. The molecule has 0 aliphatic heterocycles. The molecule has 0 unspecified atom stereocenters. The van der Waals surface area contributed by atoms with Gasteiger partial charge in [0.25, 0.3) is 5.91 Å². The quantitative estimate of drug-likeness (QED) is 0.716. The van der Waals surface area contributed by atoms with E-state index < -0.39 is 0 Å². The molecular formula is C19H22ClNO2S. The van der Waals surface area contributed by atoms with Gasteiger partial charge in [-0.1, -0.05) is 38.4 Å². The molecule has 2 aromatic carbocycles. The van der Waals surface area contributed by atoms with E-state index in [0.717, 1.165) is 10.5 Å². The van der Waals surface area contributed by atoms with Crippen LogP contribution < -0.4 is 10.1 Å². The molecule has 0 atom stereocenters. The minimum absolute atomic E-state index is 0.0256. The van der Waals surface area contributed by atoms with Crippen molar-refractivity contribution in [3.63, 3.8) is 0 Å². The van der Waals surface area contributed by atoms with Crippen molar-refractivity contribution in [2.45, 2.75) is 31.1 Å². The fraction of sp³-hybridized carbons (Fsp3) is 0.316. The van der Waals surface area contributed by atoms with Crippen molar-refractivity contribution in [3.8, 4) is 5.75 Å². The normalized spacial score (nSPS) is 11.2. The molecule has 0 fully saturated rings. The topological polar surface area (TPSA) is 38.3 Å². The Labute approximate surface area is 152 Å². The molecule has 0 bridgehead atoms. The SMILES string of the molecule is COc1ccc(C(C)(C)C)cc1NC(=O)c1cc(SC)ccc1Cl. The molecule has 1 N–H and O–H groups in total. The van der Waals surface area contributed by atoms with Crippen LogP contribution >= 0.6 is 23.4 Å². The van der Waals surface area contributed by atoms with Gasteiger partial charge in [-0.25, -0.2) is 0 Å². The number of nitrogens with one attached hydrogen (secondary N) is 1. The number of amides is 1. The minimum Gasteiger partial charge on any atom is -0.495 e. The summed E-state index contributed by atoms with van der Waals surface area (Å²) >= 11 is 7.76. The number of thioether (sulfide) groups is 1. The fourth-order valence-corrected chi connectivity index (χ4v) is 2.91. The highest BCUT2D eigenvalue weighted by Gasteiger charge is 2.18. The number of carbonyl (C=O) groups is 1. The lowest BCUT2D eigenvalue weighted by Gasteiger charge is -2.21. The summed E-state index contributed by atoms with van der Waals surface area (Å²) < 4.78 is 5.37. The molecule has 2 rings (SSSR count). The van der Waals surface area contributed by atoms with Gasteiger partial charge < -0.3 is 10.1 Å². The molecule has 0 radical (unpaired) electrons. The van der Waals surface area contributed by atoms with Crippen molar-refractivity contribution in [1.29, 1.82) is 0 Å². The summed E-state index contributed by atoms with van der Waals surface area (Å²) in [4.78, 5) is 13.7. The highest BCUT2D eigenvalue weighted by Crippen LogP contribution is 2.32. The predicted molar refractivity (Wildman–Crippen MR) is 103 cm³/mol. The molecule has 0 spiro atoms. The first kappa shape index (κ1) is 18.7. The standard InChI is InChI=1S/C19H22ClNO2S/c1-19(2,3)12-6-9-17(23-4)16(10-12)21-18(22)14-11-13(24-5)7-8-15(14)20/h6-11H,1-5H3,(H,21,22). The van der Waals surface area contributed by atoms with Gasteiger partial charge >= 0.3 is 0 Å². The van der Waals surface area contributed by atoms with Crippen molar-refractivity contribution in [2.24, 2.45) is 0 Å². The van der Waals surface area contributed by atoms with Crippen molar-refractivity contribution >= 4 is 35.0 Å². The van der Waals surface area contributed by atoms with Crippen LogP contribution in [-0.2, 0) is 5.41 Å². The Bertz CT molecular complexity index is 754. The van der Waals surface area contributed by atoms with E-state index in [1.54, 1.807) is 31.0 Å². The monoisotopic (exact) mass is 363 g/mol. The molecule has 5 heteroatoms. The third kappa shape index (κ3) is 4.25. The number of methoxy groups -OCH3 is 1. The van der Waals surface area contributed by atoms with Crippen LogP contribution in [0.2, 0.25) is 5.02 Å². The number of halogens is 1. The summed E-state index contributed by atoms with van der Waals surface area (Å²) in [5.41, 5.74) is 2.18. The smallest absolute Gasteiger partial charge is 0.257 e. The Morgan fingerprint density at radius 2 is 1.88 bits per heavy atom. The zero-order valence-corrected chi connectivity index (χ0v) is 16.1. The average molecular weight is 364 g/mol. The summed E-state index contributed by atoms with van der Waals surface area (Å²) in [6.45, 7) is 6.37. The van der Waals surface area contributed by atoms with Crippen LogP contribution in [0.25, 0.3) is 0 Å². The molecule has 0 aliphatic carbocycles. The maximum atomic E-state index is 12.7. The van der Waals surface area contributed by atoms with E-state index in [1.807, 2.05) is 30.5 Å². The van der Waals surface area contributed by atoms with Crippen molar-refractivity contribution in [1.82, 2.24) is 0 Å². The molecule has 0 saturated heterocycles. The Kier molecular flexibility index (Phi) is 5.83. The number of carbonyl (C=O) groups excluding carboxylic acids is 1. The molecule has 24 heavy (non-hydrogen) atoms. The van der Waals surface area contributed by atoms with Gasteiger partial charge in [0.05, 0.1) is 23.4 Å². The van der Waals surface area contributed by atoms with E-state index in [0.29, 0.717) is 22.0 Å². The summed E-state index contributed by atoms with van der Waals surface area (Å²) in [6.07, 6.45) is 1.96. The number of rotatable bonds is 4. The zero-order valence-electron chi connectivity index (χ0n) is 14.6. The highest BCUT2D eigenvalue weighted by molar-refractivity contribution is 7.98. The van der Waals surface area contributed by atoms with Crippen LogP contribution in [-0.4, -0.2) is 19.3 Å². The predicted octanol–water partition coefficient (Wildman–Crippen LogP) is 5.62. The Morgan fingerprint density at radius 1 is 1.17 bits per heavy atom. The second-order valence-corrected chi connectivity index (χ2v) is 7.75. The van der Waals surface area contributed by atoms with Crippen LogP contribution in [0, 0.1) is 0 Å². The largest absolute Gasteiger partial charge is 0.495 e. The van der Waals surface area contributed by atoms with Crippen molar-refractivity contribution in [3.05, 3.63) is 52.5 Å². The second-order valence-electron chi connectivity index (χ2n) is 6.46. The highest BCUT2D eigenvalue weighted by atomic mass is 35.5. The van der Waals surface area contributed by atoms with E-state index in [2.05, 4.69) is 26.1 Å². The van der Waals surface area contributed by atoms with Gasteiger partial charge in [-0.2, -0.15) is 0 Å². The lowest BCUT2D eigenvalue weighted by molar-refractivity contribution is 0.102. The maximum absolute atomic E-state index is 12.7. The van der Waals surface area contributed by atoms with Crippen LogP contribution in [0.15, 0.2) is 41.3 Å². The van der Waals surface area contributed by atoms with Crippen molar-refractivity contribution < 1.29 is 9.53 Å². The van der Waals surface area contributed by atoms with E-state index in [-0.39, 0.29) is 11.3 Å². The molecule has 1 amide bonds. The van der Waals surface area contributed by atoms with Gasteiger partial charge in [0.2, 0.25) is 0 Å². The first-order chi connectivity index (χ1) is 11.3. The van der Waals surface area contributed by atoms with Gasteiger partial charge in [0, 0.05) is 4.90 Å². The van der Waals surface area contributed by atoms with Crippen molar-refractivity contribution in [2.75, 3.05) is 18.7 Å². The van der Waals surface area contributed by atoms with Gasteiger partial charge in [0.1, 0.15) is 5.75 Å². The molecule has 3 nitrogen and oxygen atoms in total. The zero-order chi connectivity index (χ0) is 17.9. The summed E-state index contributed by atoms with van der Waals surface area (Å²) in [5.74, 6) is 0.369. The van der Waals surface area contributed by atoms with Crippen LogP contribution in [0.5, 0.6) is 5.75 Å². The third-order valence-electron chi connectivity index (χ3n) is 3.73. The average Bonchev–Trinajstić information content (AvgIpc) is 2.54. The van der Waals surface area contributed by atoms with Gasteiger partial charge in [0.15, 0.2) is 0 Å². The molecule has 128 valence electrons. The van der Waals surface area contributed by atoms with Crippen LogP contribution in [0.1, 0.15) is 36.7 Å². The first-order valence-corrected chi connectivity index (χ1v) is 9.20. The summed E-state index contributed by atoms with van der Waals surface area (Å²) in [7, 11) is 1.59. The van der Waals surface area contributed by atoms with Gasteiger partial charge in [-0.05, 0) is 47.6 Å². The van der Waals surface area contributed by atoms with Gasteiger partial charge in [-0.15, -0.1) is 11.8 Å². The van der Waals surface area contributed by atoms with E-state index in [9.17, 15) is 4.79 Å². The molecular weight excluding hydrogens is 342 g/mol. The third-order valence-corrected chi connectivity index (χ3v) is 4.79. The van der Waals surface area contributed by atoms with E-state index in [1.165, 1.54) is 0 Å². The number of hydrogen-bond donors (Lipinski definition) is 1. The molecule has 0 aromatic heterocycles. The number of hydrogen-bond acceptors (Lipinski definition) is 3. The Hall–Kier alpha value is -1.65. The molecule has 2 aromatic rings. The molecule has 0 heterocycles. The molecule has 0 saturated carbocycles. The lowest BCUT2D eigenvalue weighted by Crippen LogP contribution is -2.16. The Balaban J connectivity index is 2.38. The molecule has 0 aliphatic rings. The summed E-state index contributed by atoms with van der Waals surface area (Å²) in [6, 6.07) is 11.3. The lowest BCUT2D eigenvalue weighted by atomic mass is 9.87. The fourth-order valence-electron chi connectivity index (χ4n) is 2.27. The van der Waals surface area contributed by atoms with Gasteiger partial charge in [-0.3, -0.25) is 4.79 Å². The number of anilines is 1. The van der Waals surface area contributed by atoms with Crippen LogP contribution in [0.4, 0.5) is 5.69 Å². The Morgan fingerprint density at radius 3 is 2.46 bits per heavy atom. The van der Waals surface area contributed by atoms with Crippen LogP contribution in [0.3, 0.4) is 0 Å². The number of ether oxygens (including phenoxy) is 1. The number of benzene rings is 2. The van der Waals surface area contributed by atoms with E-state index in [4.69, 9.17) is 16.3 Å². The minimum atomic E-state index is -0.250. The maximum Gasteiger partial charge on any atom is 0.257 e. The second kappa shape index (κ2) is 7.49. The van der Waals surface area contributed by atoms with E-state index >= 15 is 0 Å².